The van der Waals surface area contributed by atoms with Crippen LogP contribution in [0.5, 0.6) is 5.75 Å². The summed E-state index contributed by atoms with van der Waals surface area (Å²) in [4.78, 5) is 38.9. The van der Waals surface area contributed by atoms with Gasteiger partial charge in [-0.05, 0) is 51.0 Å². The molecule has 0 aromatic heterocycles. The summed E-state index contributed by atoms with van der Waals surface area (Å²) in [7, 11) is 0. The molecule has 1 aromatic rings. The average molecular weight is 445 g/mol. The maximum absolute atomic E-state index is 13.2. The highest BCUT2D eigenvalue weighted by Crippen LogP contribution is 2.35. The van der Waals surface area contributed by atoms with Crippen molar-refractivity contribution in [1.82, 2.24) is 10.6 Å². The number of fused-ring (bicyclic) bond motifs is 1. The van der Waals surface area contributed by atoms with Crippen LogP contribution in [0, 0.1) is 0 Å². The van der Waals surface area contributed by atoms with E-state index in [0.717, 1.165) is 4.90 Å². The highest BCUT2D eigenvalue weighted by atomic mass is 19.4. The van der Waals surface area contributed by atoms with Crippen LogP contribution in [0.4, 0.5) is 23.7 Å². The van der Waals surface area contributed by atoms with Gasteiger partial charge >= 0.3 is 12.3 Å². The molecular formula is C20H26F3N3O5. The molecule has 0 bridgehead atoms. The van der Waals surface area contributed by atoms with E-state index in [4.69, 9.17) is 4.74 Å². The maximum atomic E-state index is 13.2. The van der Waals surface area contributed by atoms with Crippen molar-refractivity contribution in [2.24, 2.45) is 0 Å². The van der Waals surface area contributed by atoms with Gasteiger partial charge in [0.1, 0.15) is 30.0 Å². The number of alkyl halides is 3. The van der Waals surface area contributed by atoms with Crippen LogP contribution in [0.15, 0.2) is 18.2 Å². The van der Waals surface area contributed by atoms with E-state index < -0.39 is 48.3 Å². The van der Waals surface area contributed by atoms with E-state index in [2.05, 4.69) is 5.32 Å². The molecule has 1 unspecified atom stereocenters. The van der Waals surface area contributed by atoms with Gasteiger partial charge in [-0.15, -0.1) is 0 Å². The van der Waals surface area contributed by atoms with E-state index in [1.807, 2.05) is 0 Å². The number of hydrogen-bond donors (Lipinski definition) is 3. The molecule has 0 spiro atoms. The van der Waals surface area contributed by atoms with Crippen LogP contribution in [-0.2, 0) is 20.7 Å². The van der Waals surface area contributed by atoms with Crippen molar-refractivity contribution in [2.75, 3.05) is 11.4 Å². The number of nitrogens with zero attached hydrogens (tertiary/aromatic N) is 1. The molecule has 1 aromatic carbocycles. The number of rotatable bonds is 5. The topological polar surface area (TPSA) is 108 Å². The highest BCUT2D eigenvalue weighted by molar-refractivity contribution is 6.06. The van der Waals surface area contributed by atoms with Crippen LogP contribution >= 0.6 is 0 Å². The van der Waals surface area contributed by atoms with Gasteiger partial charge in [0.2, 0.25) is 11.8 Å². The van der Waals surface area contributed by atoms with E-state index in [1.54, 1.807) is 33.0 Å². The van der Waals surface area contributed by atoms with Crippen LogP contribution in [0.25, 0.3) is 0 Å². The lowest BCUT2D eigenvalue weighted by Crippen LogP contribution is -2.55. The van der Waals surface area contributed by atoms with Gasteiger partial charge in [0.25, 0.3) is 0 Å². The van der Waals surface area contributed by atoms with E-state index in [-0.39, 0.29) is 24.3 Å². The molecule has 0 radical (unpaired) electrons. The van der Waals surface area contributed by atoms with Crippen LogP contribution in [-0.4, -0.2) is 53.4 Å². The number of hydrogen-bond acceptors (Lipinski definition) is 5. The van der Waals surface area contributed by atoms with E-state index in [1.165, 1.54) is 18.2 Å². The molecule has 172 valence electrons. The summed E-state index contributed by atoms with van der Waals surface area (Å²) in [6.45, 7) is 5.05. The quantitative estimate of drug-likeness (QED) is 0.646. The Morgan fingerprint density at radius 1 is 1.26 bits per heavy atom. The summed E-state index contributed by atoms with van der Waals surface area (Å²) < 4.78 is 42.8. The summed E-state index contributed by atoms with van der Waals surface area (Å²) >= 11 is 0. The maximum Gasteiger partial charge on any atom is 0.408 e. The number of ether oxygens (including phenoxy) is 1. The smallest absolute Gasteiger partial charge is 0.408 e. The van der Waals surface area contributed by atoms with E-state index in [9.17, 15) is 32.7 Å². The van der Waals surface area contributed by atoms with Gasteiger partial charge in [0, 0.05) is 12.1 Å². The first-order chi connectivity index (χ1) is 14.2. The fraction of sp³-hybridized carbons (Fsp3) is 0.550. The first kappa shape index (κ1) is 24.3. The number of anilines is 1. The van der Waals surface area contributed by atoms with Crippen LogP contribution < -0.4 is 15.5 Å². The first-order valence-corrected chi connectivity index (χ1v) is 9.70. The zero-order valence-electron chi connectivity index (χ0n) is 17.7. The lowest BCUT2D eigenvalue weighted by Gasteiger charge is -2.29. The highest BCUT2D eigenvalue weighted by Gasteiger charge is 2.42. The number of carbonyl (C=O) groups excluding carboxylic acids is 3. The number of nitrogens with one attached hydrogen (secondary N) is 2. The molecule has 2 atom stereocenters. The molecule has 3 amide bonds. The summed E-state index contributed by atoms with van der Waals surface area (Å²) in [5, 5.41) is 14.0. The second-order valence-electron chi connectivity index (χ2n) is 8.18. The van der Waals surface area contributed by atoms with Crippen LogP contribution in [0.2, 0.25) is 0 Å². The van der Waals surface area contributed by atoms with Gasteiger partial charge in [-0.25, -0.2) is 4.79 Å². The van der Waals surface area contributed by atoms with Crippen LogP contribution in [0.3, 0.4) is 0 Å². The molecule has 11 heteroatoms. The number of benzene rings is 1. The van der Waals surface area contributed by atoms with Gasteiger partial charge in [-0.2, -0.15) is 13.2 Å². The van der Waals surface area contributed by atoms with Crippen molar-refractivity contribution in [3.8, 4) is 5.75 Å². The number of phenolic OH excluding ortho intramolecular Hbond substituents is 1. The average Bonchev–Trinajstić information content (AvgIpc) is 3.00. The van der Waals surface area contributed by atoms with Gasteiger partial charge in [0.05, 0.1) is 0 Å². The predicted octanol–water partition coefficient (Wildman–Crippen LogP) is 2.63. The third-order valence-corrected chi connectivity index (χ3v) is 4.45. The Balaban J connectivity index is 2.29. The Labute approximate surface area is 177 Å². The molecule has 8 nitrogen and oxygen atoms in total. The standard InChI is InChI=1S/C20H26F3N3O5/c1-5-13(25-18(30)31-19(2,3)4)17(29)26-14-7-6-12(27)8-11(14)9-15(26)16(28)24-10-20(21,22)23/h6-8,13,15,27H,5,9-10H2,1-4H3,(H,24,28)(H,25,30)/t13-,15?/m0/s1. The fourth-order valence-electron chi connectivity index (χ4n) is 3.18. The van der Waals surface area contributed by atoms with Crippen molar-refractivity contribution < 1.29 is 37.4 Å². The molecule has 0 aliphatic carbocycles. The second kappa shape index (κ2) is 9.03. The Bertz CT molecular complexity index is 851. The molecular weight excluding hydrogens is 419 g/mol. The molecule has 0 saturated heterocycles. The minimum atomic E-state index is -4.61. The monoisotopic (exact) mass is 445 g/mol. The molecule has 1 heterocycles. The molecule has 0 fully saturated rings. The second-order valence-corrected chi connectivity index (χ2v) is 8.18. The van der Waals surface area contributed by atoms with Crippen molar-refractivity contribution in [1.29, 1.82) is 0 Å². The van der Waals surface area contributed by atoms with Crippen molar-refractivity contribution >= 4 is 23.6 Å². The Kier molecular flexibility index (Phi) is 7.07. The summed E-state index contributed by atoms with van der Waals surface area (Å²) in [5.41, 5.74) is -0.101. The Morgan fingerprint density at radius 2 is 1.90 bits per heavy atom. The molecule has 1 aliphatic heterocycles. The van der Waals surface area contributed by atoms with Crippen molar-refractivity contribution in [3.63, 3.8) is 0 Å². The normalized spacial score (nSPS) is 17.0. The molecule has 2 rings (SSSR count). The summed E-state index contributed by atoms with van der Waals surface area (Å²) in [6.07, 6.45) is -5.38. The third-order valence-electron chi connectivity index (χ3n) is 4.45. The zero-order chi connectivity index (χ0) is 23.6. The third kappa shape index (κ3) is 6.50. The molecule has 0 saturated carbocycles. The van der Waals surface area contributed by atoms with E-state index >= 15 is 0 Å². The summed E-state index contributed by atoms with van der Waals surface area (Å²) in [6, 6.07) is 1.71. The van der Waals surface area contributed by atoms with Gasteiger partial charge in [-0.3, -0.25) is 14.5 Å². The molecule has 3 N–H and O–H groups in total. The number of carbonyl (C=O) groups is 3. The lowest BCUT2D eigenvalue weighted by atomic mass is 10.1. The number of amides is 3. The summed E-state index contributed by atoms with van der Waals surface area (Å²) in [5.74, 6) is -1.78. The molecule has 1 aliphatic rings. The van der Waals surface area contributed by atoms with Crippen LogP contribution in [0.1, 0.15) is 39.7 Å². The zero-order valence-corrected chi connectivity index (χ0v) is 17.7. The van der Waals surface area contributed by atoms with Crippen molar-refractivity contribution in [3.05, 3.63) is 23.8 Å². The molecule has 31 heavy (non-hydrogen) atoms. The van der Waals surface area contributed by atoms with E-state index in [0.29, 0.717) is 5.56 Å². The van der Waals surface area contributed by atoms with Gasteiger partial charge < -0.3 is 20.5 Å². The number of aromatic hydroxyl groups is 1. The number of phenols is 1. The largest absolute Gasteiger partial charge is 0.508 e. The predicted molar refractivity (Wildman–Crippen MR) is 106 cm³/mol. The lowest BCUT2D eigenvalue weighted by molar-refractivity contribution is -0.139. The number of halogens is 3. The van der Waals surface area contributed by atoms with Gasteiger partial charge in [-0.1, -0.05) is 6.92 Å². The minimum Gasteiger partial charge on any atom is -0.508 e. The van der Waals surface area contributed by atoms with Gasteiger partial charge in [0.15, 0.2) is 0 Å². The Morgan fingerprint density at radius 3 is 2.45 bits per heavy atom. The minimum absolute atomic E-state index is 0.0813. The fourth-order valence-corrected chi connectivity index (χ4v) is 3.18. The first-order valence-electron chi connectivity index (χ1n) is 9.70. The Hall–Kier alpha value is -2.98. The number of alkyl carbamates (subject to hydrolysis) is 1. The SMILES string of the molecule is CC[C@H](NC(=O)OC(C)(C)C)C(=O)N1c2ccc(O)cc2CC1C(=O)NCC(F)(F)F. The van der Waals surface area contributed by atoms with Crippen molar-refractivity contribution in [2.45, 2.75) is 64.4 Å².